The van der Waals surface area contributed by atoms with Gasteiger partial charge in [-0.05, 0) is 108 Å². The number of carbonyl (C=O) groups excluding carboxylic acids is 5. The van der Waals surface area contributed by atoms with E-state index < -0.39 is 77.8 Å². The van der Waals surface area contributed by atoms with E-state index in [1.54, 1.807) is 39.2 Å². The van der Waals surface area contributed by atoms with Crippen molar-refractivity contribution in [1.29, 1.82) is 0 Å². The lowest BCUT2D eigenvalue weighted by atomic mass is 9.81. The van der Waals surface area contributed by atoms with E-state index in [-0.39, 0.29) is 68.0 Å². The Morgan fingerprint density at radius 1 is 0.855 bits per heavy atom. The van der Waals surface area contributed by atoms with E-state index in [4.69, 9.17) is 37.9 Å². The second-order valence-electron chi connectivity index (χ2n) is 20.0. The van der Waals surface area contributed by atoms with Gasteiger partial charge in [0.25, 0.3) is 11.7 Å². The number of aliphatic hydroxyl groups excluding tert-OH is 1. The maximum atomic E-state index is 14.6. The predicted octanol–water partition coefficient (Wildman–Crippen LogP) is 6.40. The van der Waals surface area contributed by atoms with Crippen molar-refractivity contribution in [2.75, 3.05) is 48.7 Å². The van der Waals surface area contributed by atoms with Gasteiger partial charge in [-0.25, -0.2) is 4.79 Å². The van der Waals surface area contributed by atoms with Crippen LogP contribution in [0.4, 0.5) is 0 Å². The second kappa shape index (κ2) is 25.4. The Morgan fingerprint density at radius 3 is 2.13 bits per heavy atom. The summed E-state index contributed by atoms with van der Waals surface area (Å²) in [6.07, 6.45) is 3.47. The van der Waals surface area contributed by atoms with Gasteiger partial charge in [0.1, 0.15) is 42.1 Å². The number of Topliss-reactive ketones (excluding diaryl/α,β-unsaturated/α-hetero) is 3. The van der Waals surface area contributed by atoms with E-state index in [2.05, 4.69) is 0 Å². The molecule has 386 valence electrons. The van der Waals surface area contributed by atoms with E-state index in [0.29, 0.717) is 74.0 Å². The summed E-state index contributed by atoms with van der Waals surface area (Å²) < 4.78 is 47.2. The number of fused-ring (bicyclic) bond motifs is 3. The smallest absolute Gasteiger partial charge is 0.329 e. The zero-order valence-corrected chi connectivity index (χ0v) is 42.7. The third kappa shape index (κ3) is 13.7. The lowest BCUT2D eigenvalue weighted by molar-refractivity contribution is -0.302. The van der Waals surface area contributed by atoms with Crippen molar-refractivity contribution < 1.29 is 72.1 Å². The molecule has 3 aliphatic heterocycles. The summed E-state index contributed by atoms with van der Waals surface area (Å²) in [6, 6.07) is 3.78. The van der Waals surface area contributed by atoms with Crippen LogP contribution in [0, 0.1) is 29.6 Å². The third-order valence-electron chi connectivity index (χ3n) is 15.0. The van der Waals surface area contributed by atoms with Gasteiger partial charge in [-0.3, -0.25) is 19.2 Å². The van der Waals surface area contributed by atoms with Gasteiger partial charge in [-0.2, -0.15) is 0 Å². The third-order valence-corrected chi connectivity index (χ3v) is 15.0. The number of ether oxygens (including phenoxy) is 8. The Bertz CT molecular complexity index is 1980. The predicted molar refractivity (Wildman–Crippen MR) is 256 cm³/mol. The molecule has 0 spiro atoms. The number of esters is 1. The topological polar surface area (TPSA) is 203 Å². The summed E-state index contributed by atoms with van der Waals surface area (Å²) in [5, 5.41) is 24.0. The number of methoxy groups -OCH3 is 5. The zero-order valence-electron chi connectivity index (χ0n) is 42.7. The molecule has 1 saturated carbocycles. The van der Waals surface area contributed by atoms with Crippen molar-refractivity contribution in [1.82, 2.24) is 4.90 Å². The maximum Gasteiger partial charge on any atom is 0.329 e. The fourth-order valence-corrected chi connectivity index (χ4v) is 10.8. The Balaban J connectivity index is 1.44. The second-order valence-corrected chi connectivity index (χ2v) is 20.0. The van der Waals surface area contributed by atoms with Crippen molar-refractivity contribution >= 4 is 29.2 Å². The Morgan fingerprint density at radius 2 is 1.51 bits per heavy atom. The summed E-state index contributed by atoms with van der Waals surface area (Å²) in [6.45, 7) is 11.0. The van der Waals surface area contributed by atoms with Crippen LogP contribution in [0.1, 0.15) is 123 Å². The number of piperidine rings is 1. The molecular formula is C53H79NO15. The van der Waals surface area contributed by atoms with Crippen LogP contribution in [0.3, 0.4) is 0 Å². The van der Waals surface area contributed by atoms with Crippen molar-refractivity contribution in [2.24, 2.45) is 29.6 Å². The first kappa shape index (κ1) is 55.9. The molecule has 0 radical (unpaired) electrons. The van der Waals surface area contributed by atoms with Gasteiger partial charge in [-0.1, -0.05) is 45.4 Å². The van der Waals surface area contributed by atoms with Crippen molar-refractivity contribution in [2.45, 2.75) is 167 Å². The quantitative estimate of drug-likeness (QED) is 0.101. The normalized spacial score (nSPS) is 35.0. The van der Waals surface area contributed by atoms with Crippen molar-refractivity contribution in [3.8, 4) is 11.5 Å². The lowest BCUT2D eigenvalue weighted by Crippen LogP contribution is -2.64. The fourth-order valence-electron chi connectivity index (χ4n) is 10.8. The maximum absolute atomic E-state index is 14.6. The zero-order chi connectivity index (χ0) is 50.7. The van der Waals surface area contributed by atoms with Crippen LogP contribution in [-0.4, -0.2) is 148 Å². The van der Waals surface area contributed by atoms with Crippen LogP contribution in [0.2, 0.25) is 0 Å². The van der Waals surface area contributed by atoms with Gasteiger partial charge in [-0.15, -0.1) is 0 Å². The number of hydrogen-bond donors (Lipinski definition) is 2. The Hall–Kier alpha value is -4.03. The molecule has 16 nitrogen and oxygen atoms in total. The summed E-state index contributed by atoms with van der Waals surface area (Å²) in [4.78, 5) is 71.7. The molecule has 14 atom stereocenters. The summed E-state index contributed by atoms with van der Waals surface area (Å²) in [5.41, 5.74) is 2.00. The fraction of sp³-hybridized carbons (Fsp3) is 0.717. The molecule has 1 aromatic carbocycles. The van der Waals surface area contributed by atoms with Crippen LogP contribution >= 0.6 is 0 Å². The van der Waals surface area contributed by atoms with Gasteiger partial charge in [0.05, 0.1) is 44.7 Å². The molecule has 2 N–H and O–H groups in total. The molecule has 1 aromatic rings. The van der Waals surface area contributed by atoms with Crippen LogP contribution in [-0.2, 0) is 47.6 Å². The van der Waals surface area contributed by atoms with Crippen molar-refractivity contribution in [3.05, 3.63) is 47.1 Å². The highest BCUT2D eigenvalue weighted by molar-refractivity contribution is 6.39. The minimum atomic E-state index is -2.53. The molecule has 2 bridgehead atoms. The molecule has 1 amide bonds. The molecule has 69 heavy (non-hydrogen) atoms. The molecule has 14 unspecified atom stereocenters. The average Bonchev–Trinajstić information content (AvgIpc) is 3.35. The highest BCUT2D eigenvalue weighted by atomic mass is 16.7. The minimum Gasteiger partial charge on any atom is -0.497 e. The van der Waals surface area contributed by atoms with Gasteiger partial charge in [0, 0.05) is 63.7 Å². The summed E-state index contributed by atoms with van der Waals surface area (Å²) in [7, 11) is 7.68. The first-order valence-electron chi connectivity index (χ1n) is 24.8. The number of amides is 1. The summed E-state index contributed by atoms with van der Waals surface area (Å²) in [5.74, 6) is -7.10. The number of rotatable bonds is 12. The van der Waals surface area contributed by atoms with E-state index in [0.717, 1.165) is 5.57 Å². The lowest BCUT2D eigenvalue weighted by Gasteiger charge is -2.47. The highest BCUT2D eigenvalue weighted by Crippen LogP contribution is 2.39. The van der Waals surface area contributed by atoms with Crippen molar-refractivity contribution in [3.63, 3.8) is 0 Å². The Kier molecular flexibility index (Phi) is 20.6. The summed E-state index contributed by atoms with van der Waals surface area (Å²) >= 11 is 0. The van der Waals surface area contributed by atoms with Gasteiger partial charge >= 0.3 is 5.97 Å². The number of cyclic esters (lactones) is 1. The first-order valence-corrected chi connectivity index (χ1v) is 24.8. The van der Waals surface area contributed by atoms with E-state index >= 15 is 0 Å². The molecule has 3 fully saturated rings. The number of hydrogen-bond acceptors (Lipinski definition) is 15. The minimum absolute atomic E-state index is 0.0120. The van der Waals surface area contributed by atoms with Crippen LogP contribution in [0.25, 0.3) is 0 Å². The van der Waals surface area contributed by atoms with Crippen LogP contribution in [0.15, 0.2) is 41.5 Å². The average molecular weight is 970 g/mol. The molecule has 1 aliphatic carbocycles. The molecule has 16 heteroatoms. The monoisotopic (exact) mass is 970 g/mol. The number of carbonyl (C=O) groups is 5. The molecular weight excluding hydrogens is 891 g/mol. The largest absolute Gasteiger partial charge is 0.497 e. The molecule has 5 rings (SSSR count). The standard InChI is InChI=1S/C53H79NO15/c1-12-36-20-30(2)19-31(3)21-46(65-10)49-47(66-11)23-33(5)53(61,69-49)50(58)51(59)54-18-14-13-15-40(54)52(60)68-48(34(6)41(55)28-42(36)56)32(4)22-35-16-17-44(45(24-35)64-9)67-29-43(57)37-25-38(62-7)27-39(26-37)63-8/h20,22,25-27,31,33-36,40-41,44-49,55,61H,12-19,21,23-24,28-29H2,1-11H3. The number of aliphatic hydroxyl groups is 2. The Labute approximate surface area is 408 Å². The number of allylic oxidation sites excluding steroid dienone is 3. The van der Waals surface area contributed by atoms with Crippen LogP contribution in [0.5, 0.6) is 11.5 Å². The molecule has 4 aliphatic rings. The highest BCUT2D eigenvalue weighted by Gasteiger charge is 2.56. The number of benzene rings is 1. The number of ketones is 3. The van der Waals surface area contributed by atoms with E-state index in [1.165, 1.54) is 33.3 Å². The number of nitrogens with zero attached hydrogens (tertiary/aromatic N) is 1. The molecule has 3 heterocycles. The van der Waals surface area contributed by atoms with E-state index in [1.807, 2.05) is 39.8 Å². The van der Waals surface area contributed by atoms with Gasteiger partial charge in [0.15, 0.2) is 5.78 Å². The van der Waals surface area contributed by atoms with Gasteiger partial charge in [0.2, 0.25) is 5.79 Å². The molecule has 2 saturated heterocycles. The van der Waals surface area contributed by atoms with E-state index in [9.17, 15) is 34.2 Å². The van der Waals surface area contributed by atoms with Gasteiger partial charge < -0.3 is 53.0 Å². The first-order chi connectivity index (χ1) is 32.8. The molecule has 0 aromatic heterocycles. The van der Waals surface area contributed by atoms with Crippen LogP contribution < -0.4 is 9.47 Å². The SMILES string of the molecule is CCC1C=C(C)CC(C)CC(OC)C2OC(O)(C(=O)C(=O)N3CCCCC3C(=O)OC(C(C)=CC3CCC(OCC(=O)c4cc(OC)cc(OC)c4)C(OC)C3)C(C)C(O)CC1=O)C(C)CC2OC.